The second-order valence-electron chi connectivity index (χ2n) is 4.74. The Morgan fingerprint density at radius 1 is 1.17 bits per heavy atom. The first-order valence-corrected chi connectivity index (χ1v) is 8.48. The molecular formula is C17H16FNO3S. The molecule has 0 aliphatic heterocycles. The van der Waals surface area contributed by atoms with Gasteiger partial charge in [0.1, 0.15) is 11.6 Å². The highest BCUT2D eigenvalue weighted by atomic mass is 32.2. The number of rotatable bonds is 5. The molecule has 0 amide bonds. The largest absolute Gasteiger partial charge is 0.497 e. The molecule has 0 aliphatic rings. The Labute approximate surface area is 135 Å². The van der Waals surface area contributed by atoms with Crippen molar-refractivity contribution in [2.45, 2.75) is 5.75 Å². The molecule has 6 heteroatoms. The Morgan fingerprint density at radius 3 is 2.57 bits per heavy atom. The molecule has 0 aromatic heterocycles. The molecule has 0 atom stereocenters. The standard InChI is InChI=1S/C17H16FNO3S/c1-22-17-9-7-14(8-10-17)5-3-11-19-23(20,21)13-15-4-2-6-16(18)12-15/h2,4,6-10,12,19H,11,13H2,1H3. The average Bonchev–Trinajstić information content (AvgIpc) is 2.52. The predicted molar refractivity (Wildman–Crippen MR) is 86.9 cm³/mol. The van der Waals surface area contributed by atoms with Crippen molar-refractivity contribution >= 4 is 10.0 Å². The summed E-state index contributed by atoms with van der Waals surface area (Å²) in [6.07, 6.45) is 0. The summed E-state index contributed by atoms with van der Waals surface area (Å²) >= 11 is 0. The van der Waals surface area contributed by atoms with Crippen molar-refractivity contribution in [1.82, 2.24) is 4.72 Å². The number of hydrogen-bond acceptors (Lipinski definition) is 3. The van der Waals surface area contributed by atoms with Gasteiger partial charge in [-0.1, -0.05) is 24.0 Å². The molecular weight excluding hydrogens is 317 g/mol. The van der Waals surface area contributed by atoms with Crippen LogP contribution in [-0.4, -0.2) is 22.1 Å². The van der Waals surface area contributed by atoms with E-state index in [0.29, 0.717) is 5.56 Å². The van der Waals surface area contributed by atoms with Crippen molar-refractivity contribution in [3.8, 4) is 17.6 Å². The second-order valence-corrected chi connectivity index (χ2v) is 6.55. The van der Waals surface area contributed by atoms with Crippen LogP contribution >= 0.6 is 0 Å². The number of methoxy groups -OCH3 is 1. The smallest absolute Gasteiger partial charge is 0.216 e. The van der Waals surface area contributed by atoms with Crippen molar-refractivity contribution in [3.05, 3.63) is 65.5 Å². The maximum absolute atomic E-state index is 13.0. The molecule has 0 heterocycles. The summed E-state index contributed by atoms with van der Waals surface area (Å²) in [5, 5.41) is 0. The molecule has 0 saturated carbocycles. The van der Waals surface area contributed by atoms with Crippen LogP contribution in [0, 0.1) is 17.7 Å². The van der Waals surface area contributed by atoms with Gasteiger partial charge in [-0.3, -0.25) is 0 Å². The molecule has 120 valence electrons. The second kappa shape index (κ2) is 7.77. The Hall–Kier alpha value is -2.36. The fraction of sp³-hybridized carbons (Fsp3) is 0.176. The van der Waals surface area contributed by atoms with Crippen LogP contribution in [0.1, 0.15) is 11.1 Å². The van der Waals surface area contributed by atoms with Crippen LogP contribution in [0.15, 0.2) is 48.5 Å². The van der Waals surface area contributed by atoms with Crippen molar-refractivity contribution in [2.75, 3.05) is 13.7 Å². The van der Waals surface area contributed by atoms with Gasteiger partial charge in [0, 0.05) is 5.56 Å². The van der Waals surface area contributed by atoms with E-state index in [9.17, 15) is 12.8 Å². The Balaban J connectivity index is 1.91. The maximum atomic E-state index is 13.0. The van der Waals surface area contributed by atoms with Gasteiger partial charge in [-0.05, 0) is 42.0 Å². The summed E-state index contributed by atoms with van der Waals surface area (Å²) in [6, 6.07) is 12.6. The molecule has 2 rings (SSSR count). The molecule has 0 saturated heterocycles. The highest BCUT2D eigenvalue weighted by Crippen LogP contribution is 2.10. The molecule has 1 N–H and O–H groups in total. The SMILES string of the molecule is COc1ccc(C#CCNS(=O)(=O)Cc2cccc(F)c2)cc1. The van der Waals surface area contributed by atoms with Gasteiger partial charge >= 0.3 is 0 Å². The van der Waals surface area contributed by atoms with E-state index in [0.717, 1.165) is 11.3 Å². The number of hydrogen-bond donors (Lipinski definition) is 1. The monoisotopic (exact) mass is 333 g/mol. The average molecular weight is 333 g/mol. The zero-order valence-electron chi connectivity index (χ0n) is 12.5. The first-order chi connectivity index (χ1) is 11.0. The zero-order chi connectivity index (χ0) is 16.7. The summed E-state index contributed by atoms with van der Waals surface area (Å²) in [7, 11) is -1.98. The van der Waals surface area contributed by atoms with Gasteiger partial charge in [0.2, 0.25) is 10.0 Å². The van der Waals surface area contributed by atoms with Crippen LogP contribution < -0.4 is 9.46 Å². The van der Waals surface area contributed by atoms with Crippen LogP contribution in [0.2, 0.25) is 0 Å². The quantitative estimate of drug-likeness (QED) is 0.854. The molecule has 0 bridgehead atoms. The Morgan fingerprint density at radius 2 is 1.91 bits per heavy atom. The number of sulfonamides is 1. The summed E-state index contributed by atoms with van der Waals surface area (Å²) in [4.78, 5) is 0. The minimum absolute atomic E-state index is 0.0102. The minimum Gasteiger partial charge on any atom is -0.497 e. The van der Waals surface area contributed by atoms with Gasteiger partial charge in [-0.25, -0.2) is 17.5 Å². The number of ether oxygens (including phenoxy) is 1. The zero-order valence-corrected chi connectivity index (χ0v) is 13.4. The molecule has 0 spiro atoms. The molecule has 0 fully saturated rings. The Kier molecular flexibility index (Phi) is 5.74. The van der Waals surface area contributed by atoms with Crippen LogP contribution in [0.25, 0.3) is 0 Å². The van der Waals surface area contributed by atoms with Crippen molar-refractivity contribution in [1.29, 1.82) is 0 Å². The van der Waals surface area contributed by atoms with Gasteiger partial charge in [0.25, 0.3) is 0 Å². The highest BCUT2D eigenvalue weighted by Gasteiger charge is 2.10. The van der Waals surface area contributed by atoms with Crippen molar-refractivity contribution < 1.29 is 17.5 Å². The van der Waals surface area contributed by atoms with Crippen LogP contribution in [0.5, 0.6) is 5.75 Å². The molecule has 0 aliphatic carbocycles. The lowest BCUT2D eigenvalue weighted by Gasteiger charge is -2.04. The van der Waals surface area contributed by atoms with E-state index < -0.39 is 15.8 Å². The topological polar surface area (TPSA) is 55.4 Å². The molecule has 2 aromatic carbocycles. The predicted octanol–water partition coefficient (Wildman–Crippen LogP) is 2.31. The van der Waals surface area contributed by atoms with Crippen molar-refractivity contribution in [2.24, 2.45) is 0 Å². The highest BCUT2D eigenvalue weighted by molar-refractivity contribution is 7.88. The lowest BCUT2D eigenvalue weighted by Crippen LogP contribution is -2.25. The van der Waals surface area contributed by atoms with Crippen molar-refractivity contribution in [3.63, 3.8) is 0 Å². The first kappa shape index (κ1) is 17.0. The number of nitrogens with one attached hydrogen (secondary N) is 1. The van der Waals surface area contributed by atoms with Crippen LogP contribution in [0.3, 0.4) is 0 Å². The van der Waals surface area contributed by atoms with E-state index in [4.69, 9.17) is 4.74 Å². The minimum atomic E-state index is -3.56. The van der Waals surface area contributed by atoms with Gasteiger partial charge in [-0.15, -0.1) is 0 Å². The Bertz CT molecular complexity index is 821. The van der Waals surface area contributed by atoms with Crippen LogP contribution in [0.4, 0.5) is 4.39 Å². The van der Waals surface area contributed by atoms with Gasteiger partial charge in [0.15, 0.2) is 0 Å². The van der Waals surface area contributed by atoms with E-state index in [2.05, 4.69) is 16.6 Å². The van der Waals surface area contributed by atoms with E-state index in [1.165, 1.54) is 18.2 Å². The lowest BCUT2D eigenvalue weighted by molar-refractivity contribution is 0.415. The van der Waals surface area contributed by atoms with E-state index in [-0.39, 0.29) is 12.3 Å². The summed E-state index contributed by atoms with van der Waals surface area (Å²) in [5.74, 6) is 5.57. The van der Waals surface area contributed by atoms with Crippen LogP contribution in [-0.2, 0) is 15.8 Å². The normalized spacial score (nSPS) is 10.7. The summed E-state index contributed by atoms with van der Waals surface area (Å²) < 4.78 is 44.2. The third-order valence-electron chi connectivity index (χ3n) is 2.95. The van der Waals surface area contributed by atoms with E-state index in [1.807, 2.05) is 0 Å². The van der Waals surface area contributed by atoms with Gasteiger partial charge in [0.05, 0.1) is 19.4 Å². The number of halogens is 1. The lowest BCUT2D eigenvalue weighted by atomic mass is 10.2. The molecule has 2 aromatic rings. The maximum Gasteiger partial charge on any atom is 0.216 e. The molecule has 0 radical (unpaired) electrons. The fourth-order valence-corrected chi connectivity index (χ4v) is 2.88. The summed E-state index contributed by atoms with van der Waals surface area (Å²) in [5.41, 5.74) is 1.15. The van der Waals surface area contributed by atoms with Gasteiger partial charge < -0.3 is 4.74 Å². The summed E-state index contributed by atoms with van der Waals surface area (Å²) in [6.45, 7) is -0.0102. The molecule has 0 unspecified atom stereocenters. The fourth-order valence-electron chi connectivity index (χ4n) is 1.86. The number of benzene rings is 2. The molecule has 23 heavy (non-hydrogen) atoms. The third-order valence-corrected chi connectivity index (χ3v) is 4.25. The van der Waals surface area contributed by atoms with E-state index in [1.54, 1.807) is 37.4 Å². The molecule has 4 nitrogen and oxygen atoms in total. The van der Waals surface area contributed by atoms with Gasteiger partial charge in [-0.2, -0.15) is 0 Å². The first-order valence-electron chi connectivity index (χ1n) is 6.83. The van der Waals surface area contributed by atoms with E-state index >= 15 is 0 Å². The third kappa shape index (κ3) is 5.74.